The zero-order valence-electron chi connectivity index (χ0n) is 3.94. The first-order valence-corrected chi connectivity index (χ1v) is 4.35. The van der Waals surface area contributed by atoms with Gasteiger partial charge in [-0.05, 0) is 18.5 Å². The fraction of sp³-hybridized carbons (Fsp3) is 1.00. The van der Waals surface area contributed by atoms with Gasteiger partial charge in [0, 0.05) is 0 Å². The molecular weight excluding hydrogens is 124 g/mol. The second-order valence-corrected chi connectivity index (χ2v) is 2.72. The summed E-state index contributed by atoms with van der Waals surface area (Å²) >= 11 is 0. The van der Waals surface area contributed by atoms with Crippen LogP contribution in [0.4, 0.5) is 0 Å². The topological polar surface area (TPSA) is 34.1 Å². The van der Waals surface area contributed by atoms with E-state index in [1.807, 2.05) is 0 Å². The Kier molecular flexibility index (Phi) is 6.06. The lowest BCUT2D eigenvalue weighted by atomic mass is 10.6. The van der Waals surface area contributed by atoms with E-state index in [0.717, 1.165) is 6.42 Å². The molecule has 0 fully saturated rings. The molecule has 0 aromatic rings. The van der Waals surface area contributed by atoms with E-state index in [0.29, 0.717) is 12.1 Å². The molecule has 0 atom stereocenters. The smallest absolute Gasteiger partial charge is 0.325 e. The Balaban J connectivity index is 2.68. The summed E-state index contributed by atoms with van der Waals surface area (Å²) in [5.74, 6) is 0. The van der Waals surface area contributed by atoms with Crippen LogP contribution in [-0.4, -0.2) is 18.8 Å². The van der Waals surface area contributed by atoms with Gasteiger partial charge in [0.25, 0.3) is 0 Å². The molecule has 0 aliphatic rings. The summed E-state index contributed by atoms with van der Waals surface area (Å²) in [5.41, 5.74) is 0. The van der Waals surface area contributed by atoms with E-state index in [2.05, 4.69) is 0 Å². The van der Waals surface area contributed by atoms with Crippen molar-refractivity contribution >= 4 is 18.8 Å². The lowest BCUT2D eigenvalue weighted by Crippen LogP contribution is -1.76. The third kappa shape index (κ3) is 6.03. The van der Waals surface area contributed by atoms with E-state index in [1.54, 1.807) is 0 Å². The van der Waals surface area contributed by atoms with Gasteiger partial charge in [-0.1, -0.05) is 0 Å². The van der Waals surface area contributed by atoms with Crippen LogP contribution >= 0.6 is 0 Å². The highest BCUT2D eigenvalue weighted by atomic mass is 28.2. The zero-order valence-corrected chi connectivity index (χ0v) is 5.94. The maximum absolute atomic E-state index is 9.73. The Morgan fingerprint density at radius 1 is 1.00 bits per heavy atom. The summed E-state index contributed by atoms with van der Waals surface area (Å²) in [7, 11) is -0.434. The summed E-state index contributed by atoms with van der Waals surface area (Å²) in [6.07, 6.45) is 0.837. The number of hydrogen-bond donors (Lipinski definition) is 0. The molecule has 7 heavy (non-hydrogen) atoms. The molecule has 38 valence electrons. The standard InChI is InChI=1S/C3H6O2Si2/c4-6-2-1-3-7-5/h1-3H2. The van der Waals surface area contributed by atoms with Crippen molar-refractivity contribution < 1.29 is 8.92 Å². The van der Waals surface area contributed by atoms with E-state index in [4.69, 9.17) is 0 Å². The molecule has 2 radical (unpaired) electrons. The molecular formula is C3H6O2Si2. The van der Waals surface area contributed by atoms with E-state index >= 15 is 0 Å². The van der Waals surface area contributed by atoms with Crippen molar-refractivity contribution in [2.45, 2.75) is 18.5 Å². The van der Waals surface area contributed by atoms with E-state index in [9.17, 15) is 8.92 Å². The molecule has 0 spiro atoms. The molecule has 0 rings (SSSR count). The lowest BCUT2D eigenvalue weighted by Gasteiger charge is -1.76. The van der Waals surface area contributed by atoms with E-state index < -0.39 is 0 Å². The van der Waals surface area contributed by atoms with Crippen LogP contribution in [0.25, 0.3) is 0 Å². The summed E-state index contributed by atoms with van der Waals surface area (Å²) in [5, 5.41) is 0. The second-order valence-electron chi connectivity index (χ2n) is 1.14. The summed E-state index contributed by atoms with van der Waals surface area (Å²) in [6.45, 7) is 0. The van der Waals surface area contributed by atoms with Gasteiger partial charge in [0.15, 0.2) is 0 Å². The fourth-order valence-electron chi connectivity index (χ4n) is 0.233. The molecule has 0 saturated heterocycles. The highest BCUT2D eigenvalue weighted by molar-refractivity contribution is 6.19. The van der Waals surface area contributed by atoms with Gasteiger partial charge in [-0.25, -0.2) is 0 Å². The van der Waals surface area contributed by atoms with Gasteiger partial charge in [-0.2, -0.15) is 0 Å². The molecule has 0 amide bonds. The van der Waals surface area contributed by atoms with Crippen LogP contribution in [0, 0.1) is 0 Å². The van der Waals surface area contributed by atoms with Crippen LogP contribution in [0.1, 0.15) is 6.42 Å². The minimum atomic E-state index is -0.217. The largest absolute Gasteiger partial charge is 0.385 e. The Hall–Kier alpha value is 0.0338. The first kappa shape index (κ1) is 7.03. The predicted octanol–water partition coefficient (Wildman–Crippen LogP) is 0.312. The second kappa shape index (κ2) is 6.03. The minimum Gasteiger partial charge on any atom is -0.385 e. The predicted molar refractivity (Wildman–Crippen MR) is 27.1 cm³/mol. The number of rotatable bonds is 4. The maximum Gasteiger partial charge on any atom is 0.325 e. The van der Waals surface area contributed by atoms with Gasteiger partial charge >= 0.3 is 18.8 Å². The van der Waals surface area contributed by atoms with Crippen molar-refractivity contribution in [1.29, 1.82) is 0 Å². The molecule has 0 heterocycles. The minimum absolute atomic E-state index is 0.217. The van der Waals surface area contributed by atoms with Crippen LogP contribution in [0.2, 0.25) is 12.1 Å². The first-order chi connectivity index (χ1) is 3.41. The van der Waals surface area contributed by atoms with Crippen LogP contribution in [0.3, 0.4) is 0 Å². The summed E-state index contributed by atoms with van der Waals surface area (Å²) < 4.78 is 19.5. The van der Waals surface area contributed by atoms with Crippen LogP contribution in [-0.2, 0) is 8.92 Å². The highest BCUT2D eigenvalue weighted by Gasteiger charge is 1.84. The highest BCUT2D eigenvalue weighted by Crippen LogP contribution is 1.87. The quantitative estimate of drug-likeness (QED) is 0.405. The van der Waals surface area contributed by atoms with Gasteiger partial charge in [0.2, 0.25) is 0 Å². The molecule has 0 aromatic carbocycles. The molecule has 0 aromatic heterocycles. The van der Waals surface area contributed by atoms with Gasteiger partial charge in [-0.3, -0.25) is 0 Å². The van der Waals surface area contributed by atoms with Gasteiger partial charge in [0.05, 0.1) is 0 Å². The van der Waals surface area contributed by atoms with Crippen molar-refractivity contribution in [2.75, 3.05) is 0 Å². The van der Waals surface area contributed by atoms with Gasteiger partial charge < -0.3 is 8.92 Å². The zero-order chi connectivity index (χ0) is 5.54. The van der Waals surface area contributed by atoms with Crippen LogP contribution in [0.15, 0.2) is 0 Å². The first-order valence-electron chi connectivity index (χ1n) is 2.12. The van der Waals surface area contributed by atoms with Gasteiger partial charge in [0.1, 0.15) is 0 Å². The molecule has 0 aliphatic heterocycles. The average Bonchev–Trinajstić information content (AvgIpc) is 1.69. The average molecular weight is 130 g/mol. The Morgan fingerprint density at radius 2 is 1.43 bits per heavy atom. The molecule has 0 saturated carbocycles. The van der Waals surface area contributed by atoms with E-state index in [1.165, 1.54) is 0 Å². The Bertz CT molecular complexity index is 56.0. The molecule has 0 N–H and O–H groups in total. The third-order valence-electron chi connectivity index (χ3n) is 0.558. The van der Waals surface area contributed by atoms with Crippen molar-refractivity contribution in [1.82, 2.24) is 0 Å². The molecule has 0 aliphatic carbocycles. The lowest BCUT2D eigenvalue weighted by molar-refractivity contribution is 0.570. The van der Waals surface area contributed by atoms with Crippen molar-refractivity contribution in [3.63, 3.8) is 0 Å². The molecule has 4 heteroatoms. The van der Waals surface area contributed by atoms with Crippen LogP contribution in [0.5, 0.6) is 0 Å². The molecule has 2 nitrogen and oxygen atoms in total. The Morgan fingerprint density at radius 3 is 1.71 bits per heavy atom. The Labute approximate surface area is 47.1 Å². The summed E-state index contributed by atoms with van der Waals surface area (Å²) in [6, 6.07) is 1.41. The monoisotopic (exact) mass is 130 g/mol. The summed E-state index contributed by atoms with van der Waals surface area (Å²) in [4.78, 5) is 0. The molecule has 0 unspecified atom stereocenters. The maximum atomic E-state index is 9.73. The van der Waals surface area contributed by atoms with E-state index in [-0.39, 0.29) is 18.8 Å². The van der Waals surface area contributed by atoms with Crippen molar-refractivity contribution in [3.05, 3.63) is 0 Å². The van der Waals surface area contributed by atoms with Crippen molar-refractivity contribution in [2.24, 2.45) is 0 Å². The van der Waals surface area contributed by atoms with Crippen LogP contribution < -0.4 is 0 Å². The van der Waals surface area contributed by atoms with Gasteiger partial charge in [-0.15, -0.1) is 0 Å². The van der Waals surface area contributed by atoms with Crippen molar-refractivity contribution in [3.8, 4) is 0 Å². The normalized spacial score (nSPS) is 8.00. The number of hydrogen-bond acceptors (Lipinski definition) is 2. The fourth-order valence-corrected chi connectivity index (χ4v) is 1.23. The molecule has 0 bridgehead atoms. The third-order valence-corrected chi connectivity index (χ3v) is 1.67. The SMILES string of the molecule is O=[Si]CCC[Si]=O.